The van der Waals surface area contributed by atoms with E-state index in [-0.39, 0.29) is 84.8 Å². The van der Waals surface area contributed by atoms with Crippen LogP contribution in [0.25, 0.3) is 0 Å². The van der Waals surface area contributed by atoms with E-state index in [2.05, 4.69) is 20.6 Å². The first-order valence-corrected chi connectivity index (χ1v) is 13.1. The monoisotopic (exact) mass is 672 g/mol. The summed E-state index contributed by atoms with van der Waals surface area (Å²) >= 11 is 56.0. The number of nitrogens with one attached hydrogen (secondary N) is 2. The molecule has 0 saturated carbocycles. The van der Waals surface area contributed by atoms with Gasteiger partial charge in [-0.2, -0.15) is 0 Å². The lowest BCUT2D eigenvalue weighted by Crippen LogP contribution is -2.21. The lowest BCUT2D eigenvalue weighted by molar-refractivity contribution is 0.0975. The lowest BCUT2D eigenvalue weighted by Gasteiger charge is -2.09. The second-order valence-corrected chi connectivity index (χ2v) is 10.9. The van der Waals surface area contributed by atoms with Gasteiger partial charge in [-0.3, -0.25) is 9.59 Å². The first-order valence-electron chi connectivity index (χ1n) is 9.74. The van der Waals surface area contributed by atoms with Crippen molar-refractivity contribution < 1.29 is 9.59 Å². The molecule has 5 rings (SSSR count). The van der Waals surface area contributed by atoms with Gasteiger partial charge < -0.3 is 10.6 Å². The summed E-state index contributed by atoms with van der Waals surface area (Å²) in [5.74, 6) is -0.913. The van der Waals surface area contributed by atoms with E-state index < -0.39 is 11.8 Å². The number of halogens is 9. The number of hydrogen-bond donors (Lipinski definition) is 2. The van der Waals surface area contributed by atoms with E-state index in [1.807, 2.05) is 0 Å². The van der Waals surface area contributed by atoms with Crippen molar-refractivity contribution in [3.8, 4) is 0 Å². The van der Waals surface area contributed by atoms with Crippen LogP contribution < -0.4 is 10.6 Å². The van der Waals surface area contributed by atoms with E-state index in [4.69, 9.17) is 104 Å². The van der Waals surface area contributed by atoms with E-state index in [9.17, 15) is 9.59 Å². The number of rotatable bonds is 2. The molecule has 37 heavy (non-hydrogen) atoms. The molecule has 2 aliphatic rings. The number of nitrogens with zero attached hydrogens (tertiary/aromatic N) is 2. The van der Waals surface area contributed by atoms with Crippen LogP contribution >= 0.6 is 104 Å². The molecule has 2 heterocycles. The second kappa shape index (κ2) is 9.94. The van der Waals surface area contributed by atoms with Crippen molar-refractivity contribution in [2.75, 3.05) is 0 Å². The summed E-state index contributed by atoms with van der Waals surface area (Å²) in [4.78, 5) is 33.8. The highest BCUT2D eigenvalue weighted by Gasteiger charge is 2.35. The number of benzene rings is 3. The molecule has 2 amide bonds. The zero-order valence-electron chi connectivity index (χ0n) is 17.3. The average molecular weight is 676 g/mol. The van der Waals surface area contributed by atoms with Gasteiger partial charge in [0.1, 0.15) is 11.7 Å². The van der Waals surface area contributed by atoms with Gasteiger partial charge in [-0.05, 0) is 18.2 Å². The molecular weight excluding hydrogens is 671 g/mol. The maximum atomic E-state index is 12.5. The molecule has 6 nitrogen and oxygen atoms in total. The minimum atomic E-state index is -0.552. The van der Waals surface area contributed by atoms with E-state index in [1.165, 1.54) is 12.1 Å². The van der Waals surface area contributed by atoms with Gasteiger partial charge in [0.05, 0.1) is 78.8 Å². The molecule has 0 radical (unpaired) electrons. The normalized spacial score (nSPS) is 16.4. The van der Waals surface area contributed by atoms with Gasteiger partial charge in [0.2, 0.25) is 0 Å². The van der Waals surface area contributed by atoms with E-state index in [0.29, 0.717) is 5.69 Å². The van der Waals surface area contributed by atoms with Gasteiger partial charge in [-0.15, -0.1) is 0 Å². The van der Waals surface area contributed by atoms with Crippen molar-refractivity contribution >= 4 is 139 Å². The van der Waals surface area contributed by atoms with Crippen LogP contribution in [0.1, 0.15) is 31.8 Å². The number of hydrogen-bond acceptors (Lipinski definition) is 4. The molecule has 15 heteroatoms. The van der Waals surface area contributed by atoms with Crippen molar-refractivity contribution in [2.24, 2.45) is 9.98 Å². The molecule has 0 saturated heterocycles. The van der Waals surface area contributed by atoms with E-state index >= 15 is 0 Å². The molecule has 0 unspecified atom stereocenters. The minimum absolute atomic E-state index is 0.00672. The van der Waals surface area contributed by atoms with Gasteiger partial charge in [-0.25, -0.2) is 9.98 Å². The van der Waals surface area contributed by atoms with Crippen molar-refractivity contribution in [3.63, 3.8) is 0 Å². The van der Waals surface area contributed by atoms with Crippen LogP contribution in [0.15, 0.2) is 28.2 Å². The molecule has 0 atom stereocenters. The van der Waals surface area contributed by atoms with Gasteiger partial charge in [0.25, 0.3) is 11.8 Å². The zero-order chi connectivity index (χ0) is 26.9. The summed E-state index contributed by atoms with van der Waals surface area (Å²) in [6.45, 7) is 0. The Morgan fingerprint density at radius 1 is 0.514 bits per heavy atom. The number of amides is 2. The SMILES string of the molecule is O=C1NC(=Nc2ccc(N=C3NC(=O)c4c(Cl)c(Cl)c(Cl)c(Cl)c43)c(Cl)c2)c2c(Cl)c(Cl)c(Cl)c(Cl)c21. The standard InChI is InChI=1S/C22H5Cl9N4O2/c23-5-3-4(32-19-7-9(21(36)34-19)13(26)17(30)15(28)11(7)24)1-2-6(5)33-20-8-10(22(37)35-20)14(27)18(31)16(29)12(8)25/h1-3H,(H,32,34,36)(H,33,35,37). The molecule has 0 fully saturated rings. The fourth-order valence-electron chi connectivity index (χ4n) is 3.67. The van der Waals surface area contributed by atoms with Crippen LogP contribution in [0.4, 0.5) is 11.4 Å². The van der Waals surface area contributed by atoms with Crippen LogP contribution in [-0.2, 0) is 0 Å². The minimum Gasteiger partial charge on any atom is -0.306 e. The maximum absolute atomic E-state index is 12.5. The number of amidine groups is 2. The maximum Gasteiger partial charge on any atom is 0.259 e. The van der Waals surface area contributed by atoms with E-state index in [1.54, 1.807) is 6.07 Å². The molecule has 0 spiro atoms. The highest BCUT2D eigenvalue weighted by molar-refractivity contribution is 6.56. The number of carbonyl (C=O) groups is 2. The fraction of sp³-hybridized carbons (Fsp3) is 0. The van der Waals surface area contributed by atoms with Crippen LogP contribution in [0.5, 0.6) is 0 Å². The summed E-state index contributed by atoms with van der Waals surface area (Å²) in [6.07, 6.45) is 0. The molecule has 0 bridgehead atoms. The van der Waals surface area contributed by atoms with Crippen molar-refractivity contribution in [1.29, 1.82) is 0 Å². The topological polar surface area (TPSA) is 82.9 Å². The Hall–Kier alpha value is -1.45. The highest BCUT2D eigenvalue weighted by atomic mass is 35.5. The summed E-state index contributed by atoms with van der Waals surface area (Å²) < 4.78 is 0. The zero-order valence-corrected chi connectivity index (χ0v) is 24.1. The van der Waals surface area contributed by atoms with Crippen molar-refractivity contribution in [1.82, 2.24) is 10.6 Å². The van der Waals surface area contributed by atoms with Gasteiger partial charge in [-0.1, -0.05) is 104 Å². The predicted octanol–water partition coefficient (Wildman–Crippen LogP) is 9.21. The Balaban J connectivity index is 1.56. The number of aliphatic imine (C=N–C) groups is 2. The Morgan fingerprint density at radius 2 is 0.919 bits per heavy atom. The lowest BCUT2D eigenvalue weighted by atomic mass is 10.1. The smallest absolute Gasteiger partial charge is 0.259 e. The molecule has 3 aromatic rings. The van der Waals surface area contributed by atoms with Crippen LogP contribution in [0.2, 0.25) is 45.2 Å². The summed E-state index contributed by atoms with van der Waals surface area (Å²) in [7, 11) is 0. The Labute approximate surface area is 253 Å². The Kier molecular flexibility index (Phi) is 7.29. The first-order chi connectivity index (χ1) is 17.4. The molecular formula is C22H5Cl9N4O2. The van der Waals surface area contributed by atoms with Gasteiger partial charge in [0.15, 0.2) is 0 Å². The highest BCUT2D eigenvalue weighted by Crippen LogP contribution is 2.45. The van der Waals surface area contributed by atoms with Crippen LogP contribution in [0, 0.1) is 0 Å². The predicted molar refractivity (Wildman–Crippen MR) is 152 cm³/mol. The first kappa shape index (κ1) is 27.1. The Bertz CT molecular complexity index is 1670. The van der Waals surface area contributed by atoms with E-state index in [0.717, 1.165) is 0 Å². The van der Waals surface area contributed by atoms with Crippen molar-refractivity contribution in [2.45, 2.75) is 0 Å². The number of fused-ring (bicyclic) bond motifs is 2. The van der Waals surface area contributed by atoms with Crippen LogP contribution in [0.3, 0.4) is 0 Å². The molecule has 0 aromatic heterocycles. The quantitative estimate of drug-likeness (QED) is 0.210. The fourth-order valence-corrected chi connectivity index (χ4v) is 5.95. The molecule has 2 aliphatic heterocycles. The summed E-state index contributed by atoms with van der Waals surface area (Å²) in [6, 6.07) is 4.58. The summed E-state index contributed by atoms with van der Waals surface area (Å²) in [5.41, 5.74) is 1.10. The average Bonchev–Trinajstić information content (AvgIpc) is 3.36. The largest absolute Gasteiger partial charge is 0.306 e. The third-order valence-electron chi connectivity index (χ3n) is 5.33. The molecule has 188 valence electrons. The third-order valence-corrected chi connectivity index (χ3v) is 9.24. The van der Waals surface area contributed by atoms with Gasteiger partial charge >= 0.3 is 0 Å². The Morgan fingerprint density at radius 3 is 1.35 bits per heavy atom. The molecule has 2 N–H and O–H groups in total. The van der Waals surface area contributed by atoms with Gasteiger partial charge in [0, 0.05) is 0 Å². The third kappa shape index (κ3) is 4.37. The number of carbonyl (C=O) groups excluding carboxylic acids is 2. The molecule has 3 aromatic carbocycles. The summed E-state index contributed by atoms with van der Waals surface area (Å²) in [5, 5.41) is 5.13. The second-order valence-electron chi connectivity index (χ2n) is 7.48. The molecule has 0 aliphatic carbocycles. The van der Waals surface area contributed by atoms with Crippen LogP contribution in [-0.4, -0.2) is 23.5 Å². The van der Waals surface area contributed by atoms with Crippen molar-refractivity contribution in [3.05, 3.63) is 85.7 Å².